The SMILES string of the molecule is COc1ccc(CCC(=O)Nc2nnc(-c3ccc(C)cc3)s2)cc1OC. The molecule has 0 aliphatic rings. The predicted octanol–water partition coefficient (Wildman–Crippen LogP) is 4.10. The third kappa shape index (κ3) is 4.83. The van der Waals surface area contributed by atoms with Crippen LogP contribution in [0.25, 0.3) is 10.6 Å². The Morgan fingerprint density at radius 3 is 2.48 bits per heavy atom. The van der Waals surface area contributed by atoms with E-state index in [1.165, 1.54) is 16.9 Å². The van der Waals surface area contributed by atoms with Crippen LogP contribution in [0.1, 0.15) is 17.5 Å². The van der Waals surface area contributed by atoms with Crippen LogP contribution in [-0.4, -0.2) is 30.3 Å². The summed E-state index contributed by atoms with van der Waals surface area (Å²) in [5.41, 5.74) is 3.18. The number of carbonyl (C=O) groups is 1. The van der Waals surface area contributed by atoms with Gasteiger partial charge >= 0.3 is 0 Å². The molecule has 7 heteroatoms. The van der Waals surface area contributed by atoms with Crippen molar-refractivity contribution in [3.63, 3.8) is 0 Å². The van der Waals surface area contributed by atoms with E-state index in [0.29, 0.717) is 29.5 Å². The van der Waals surface area contributed by atoms with Gasteiger partial charge in [-0.1, -0.05) is 47.2 Å². The van der Waals surface area contributed by atoms with Gasteiger partial charge in [0.15, 0.2) is 11.5 Å². The molecule has 0 atom stereocenters. The summed E-state index contributed by atoms with van der Waals surface area (Å²) in [5, 5.41) is 12.3. The van der Waals surface area contributed by atoms with E-state index in [1.54, 1.807) is 14.2 Å². The average Bonchev–Trinajstić information content (AvgIpc) is 3.15. The first-order chi connectivity index (χ1) is 13.1. The lowest BCUT2D eigenvalue weighted by molar-refractivity contribution is -0.116. The lowest BCUT2D eigenvalue weighted by atomic mass is 10.1. The highest BCUT2D eigenvalue weighted by Gasteiger charge is 2.11. The fraction of sp³-hybridized carbons (Fsp3) is 0.250. The van der Waals surface area contributed by atoms with E-state index in [0.717, 1.165) is 16.1 Å². The molecule has 0 aliphatic carbocycles. The molecule has 1 heterocycles. The average molecular weight is 383 g/mol. The number of aryl methyl sites for hydroxylation is 2. The maximum atomic E-state index is 12.2. The van der Waals surface area contributed by atoms with E-state index in [1.807, 2.05) is 49.4 Å². The van der Waals surface area contributed by atoms with Crippen LogP contribution in [0.15, 0.2) is 42.5 Å². The monoisotopic (exact) mass is 383 g/mol. The van der Waals surface area contributed by atoms with E-state index in [4.69, 9.17) is 9.47 Å². The first-order valence-electron chi connectivity index (χ1n) is 8.50. The molecule has 1 N–H and O–H groups in total. The molecule has 0 spiro atoms. The fourth-order valence-corrected chi connectivity index (χ4v) is 3.33. The van der Waals surface area contributed by atoms with Gasteiger partial charge < -0.3 is 14.8 Å². The maximum absolute atomic E-state index is 12.2. The van der Waals surface area contributed by atoms with Crippen LogP contribution in [0.4, 0.5) is 5.13 Å². The van der Waals surface area contributed by atoms with Gasteiger partial charge in [0.25, 0.3) is 0 Å². The minimum atomic E-state index is -0.101. The standard InChI is InChI=1S/C20H21N3O3S/c1-13-4-8-15(9-5-13)19-22-23-20(27-19)21-18(24)11-7-14-6-10-16(25-2)17(12-14)26-3/h4-6,8-10,12H,7,11H2,1-3H3,(H,21,23,24). The van der Waals surface area contributed by atoms with Gasteiger partial charge in [0.2, 0.25) is 11.0 Å². The number of aromatic nitrogens is 2. The smallest absolute Gasteiger partial charge is 0.226 e. The van der Waals surface area contributed by atoms with Gasteiger partial charge in [0.05, 0.1) is 14.2 Å². The highest BCUT2D eigenvalue weighted by molar-refractivity contribution is 7.18. The van der Waals surface area contributed by atoms with Crippen molar-refractivity contribution in [1.82, 2.24) is 10.2 Å². The predicted molar refractivity (Wildman–Crippen MR) is 107 cm³/mol. The van der Waals surface area contributed by atoms with Crippen LogP contribution in [0, 0.1) is 6.92 Å². The Kier molecular flexibility index (Phi) is 6.03. The molecule has 0 aliphatic heterocycles. The van der Waals surface area contributed by atoms with Gasteiger partial charge in [0, 0.05) is 12.0 Å². The second-order valence-corrected chi connectivity index (χ2v) is 6.99. The lowest BCUT2D eigenvalue weighted by Gasteiger charge is -2.09. The van der Waals surface area contributed by atoms with Gasteiger partial charge in [-0.2, -0.15) is 0 Å². The zero-order valence-electron chi connectivity index (χ0n) is 15.5. The summed E-state index contributed by atoms with van der Waals surface area (Å²) in [6.45, 7) is 2.04. The Morgan fingerprint density at radius 2 is 1.78 bits per heavy atom. The van der Waals surface area contributed by atoms with Crippen LogP contribution >= 0.6 is 11.3 Å². The van der Waals surface area contributed by atoms with Gasteiger partial charge in [-0.3, -0.25) is 4.79 Å². The minimum Gasteiger partial charge on any atom is -0.493 e. The van der Waals surface area contributed by atoms with E-state index < -0.39 is 0 Å². The first kappa shape index (κ1) is 18.8. The summed E-state index contributed by atoms with van der Waals surface area (Å²) in [6, 6.07) is 13.7. The number of hydrogen-bond acceptors (Lipinski definition) is 6. The molecule has 3 aromatic rings. The number of hydrogen-bond donors (Lipinski definition) is 1. The van der Waals surface area contributed by atoms with Crippen molar-refractivity contribution >= 4 is 22.4 Å². The summed E-state index contributed by atoms with van der Waals surface area (Å²) < 4.78 is 10.5. The molecule has 1 amide bonds. The second kappa shape index (κ2) is 8.64. The molecule has 1 aromatic heterocycles. The Bertz CT molecular complexity index is 922. The number of rotatable bonds is 7. The summed E-state index contributed by atoms with van der Waals surface area (Å²) in [5.74, 6) is 1.22. The number of ether oxygens (including phenoxy) is 2. The highest BCUT2D eigenvalue weighted by atomic mass is 32.1. The normalized spacial score (nSPS) is 10.5. The van der Waals surface area contributed by atoms with Crippen LogP contribution in [0.2, 0.25) is 0 Å². The van der Waals surface area contributed by atoms with E-state index >= 15 is 0 Å². The molecule has 0 radical (unpaired) electrons. The van der Waals surface area contributed by atoms with Gasteiger partial charge in [0.1, 0.15) is 5.01 Å². The van der Waals surface area contributed by atoms with Crippen LogP contribution < -0.4 is 14.8 Å². The fourth-order valence-electron chi connectivity index (χ4n) is 2.56. The Balaban J connectivity index is 1.58. The number of nitrogens with one attached hydrogen (secondary N) is 1. The number of methoxy groups -OCH3 is 2. The minimum absolute atomic E-state index is 0.101. The molecule has 0 unspecified atom stereocenters. The molecule has 0 bridgehead atoms. The van der Waals surface area contributed by atoms with E-state index in [9.17, 15) is 4.79 Å². The molecular weight excluding hydrogens is 362 g/mol. The number of carbonyl (C=O) groups excluding carboxylic acids is 1. The van der Waals surface area contributed by atoms with Crippen molar-refractivity contribution in [3.05, 3.63) is 53.6 Å². The topological polar surface area (TPSA) is 73.3 Å². The van der Waals surface area contributed by atoms with Crippen molar-refractivity contribution < 1.29 is 14.3 Å². The van der Waals surface area contributed by atoms with Crippen LogP contribution in [0.5, 0.6) is 11.5 Å². The van der Waals surface area contributed by atoms with E-state index in [2.05, 4.69) is 15.5 Å². The van der Waals surface area contributed by atoms with Crippen molar-refractivity contribution in [1.29, 1.82) is 0 Å². The van der Waals surface area contributed by atoms with Crippen molar-refractivity contribution in [2.45, 2.75) is 19.8 Å². The third-order valence-corrected chi connectivity index (χ3v) is 4.95. The molecule has 0 saturated carbocycles. The largest absolute Gasteiger partial charge is 0.493 e. The molecular formula is C20H21N3O3S. The summed E-state index contributed by atoms with van der Waals surface area (Å²) in [4.78, 5) is 12.2. The quantitative estimate of drug-likeness (QED) is 0.665. The Morgan fingerprint density at radius 1 is 1.04 bits per heavy atom. The lowest BCUT2D eigenvalue weighted by Crippen LogP contribution is -2.12. The third-order valence-electron chi connectivity index (χ3n) is 4.06. The zero-order chi connectivity index (χ0) is 19.2. The summed E-state index contributed by atoms with van der Waals surface area (Å²) in [7, 11) is 3.19. The Hall–Kier alpha value is -2.93. The van der Waals surface area contributed by atoms with E-state index in [-0.39, 0.29) is 5.91 Å². The second-order valence-electron chi connectivity index (χ2n) is 6.02. The molecule has 6 nitrogen and oxygen atoms in total. The molecule has 2 aromatic carbocycles. The Labute approximate surface area is 162 Å². The number of nitrogens with zero attached hydrogens (tertiary/aromatic N) is 2. The molecule has 140 valence electrons. The first-order valence-corrected chi connectivity index (χ1v) is 9.32. The van der Waals surface area contributed by atoms with Crippen molar-refractivity contribution in [3.8, 4) is 22.1 Å². The van der Waals surface area contributed by atoms with Gasteiger partial charge in [-0.05, 0) is 31.0 Å². The van der Waals surface area contributed by atoms with Crippen molar-refractivity contribution in [2.75, 3.05) is 19.5 Å². The number of amides is 1. The molecule has 3 rings (SSSR count). The molecule has 0 saturated heterocycles. The van der Waals surface area contributed by atoms with Gasteiger partial charge in [-0.15, -0.1) is 10.2 Å². The zero-order valence-corrected chi connectivity index (χ0v) is 16.3. The number of benzene rings is 2. The highest BCUT2D eigenvalue weighted by Crippen LogP contribution is 2.28. The van der Waals surface area contributed by atoms with Crippen LogP contribution in [-0.2, 0) is 11.2 Å². The number of anilines is 1. The maximum Gasteiger partial charge on any atom is 0.226 e. The van der Waals surface area contributed by atoms with Crippen LogP contribution in [0.3, 0.4) is 0 Å². The summed E-state index contributed by atoms with van der Waals surface area (Å²) in [6.07, 6.45) is 0.935. The van der Waals surface area contributed by atoms with Gasteiger partial charge in [-0.25, -0.2) is 0 Å². The molecule has 0 fully saturated rings. The molecule has 27 heavy (non-hydrogen) atoms. The van der Waals surface area contributed by atoms with Crippen molar-refractivity contribution in [2.24, 2.45) is 0 Å². The summed E-state index contributed by atoms with van der Waals surface area (Å²) >= 11 is 1.36.